The predicted molar refractivity (Wildman–Crippen MR) is 69.8 cm³/mol. The van der Waals surface area contributed by atoms with Gasteiger partial charge in [0.25, 0.3) is 0 Å². The van der Waals surface area contributed by atoms with Crippen molar-refractivity contribution in [1.82, 2.24) is 9.88 Å². The maximum atomic E-state index is 4.07. The Morgan fingerprint density at radius 1 is 1.06 bits per heavy atom. The lowest BCUT2D eigenvalue weighted by Gasteiger charge is -2.23. The number of nitrogens with zero attached hydrogens (tertiary/aromatic N) is 2. The molecule has 2 heteroatoms. The molecule has 0 spiro atoms. The van der Waals surface area contributed by atoms with Crippen LogP contribution in [0.5, 0.6) is 0 Å². The first-order chi connectivity index (χ1) is 8.42. The molecule has 1 aliphatic heterocycles. The van der Waals surface area contributed by atoms with Crippen molar-refractivity contribution < 1.29 is 0 Å². The Bertz CT molecular complexity index is 335. The summed E-state index contributed by atoms with van der Waals surface area (Å²) >= 11 is 0. The summed E-state index contributed by atoms with van der Waals surface area (Å²) in [6.07, 6.45) is 10.9. The van der Waals surface area contributed by atoms with Crippen molar-refractivity contribution in [3.63, 3.8) is 0 Å². The van der Waals surface area contributed by atoms with E-state index in [0.29, 0.717) is 0 Å². The van der Waals surface area contributed by atoms with Gasteiger partial charge in [0.05, 0.1) is 0 Å². The fourth-order valence-corrected chi connectivity index (χ4v) is 3.52. The molecule has 0 N–H and O–H groups in total. The Labute approximate surface area is 104 Å². The van der Waals surface area contributed by atoms with Gasteiger partial charge in [-0.3, -0.25) is 4.98 Å². The molecule has 0 bridgehead atoms. The molecule has 2 heterocycles. The van der Waals surface area contributed by atoms with E-state index < -0.39 is 0 Å². The second kappa shape index (κ2) is 5.18. The topological polar surface area (TPSA) is 16.1 Å². The van der Waals surface area contributed by atoms with Crippen LogP contribution in [0.15, 0.2) is 24.5 Å². The number of aromatic nitrogens is 1. The standard InChI is InChI=1S/C15H22N2/c1-2-4-15-12-17(11-14(15)3-1)10-7-13-5-8-16-9-6-13/h5-6,8-9,14-15H,1-4,7,10-12H2. The molecule has 2 aliphatic rings. The average Bonchev–Trinajstić information content (AvgIpc) is 2.80. The lowest BCUT2D eigenvalue weighted by atomic mass is 9.82. The van der Waals surface area contributed by atoms with Crippen LogP contribution in [0.25, 0.3) is 0 Å². The van der Waals surface area contributed by atoms with Crippen LogP contribution in [0.2, 0.25) is 0 Å². The van der Waals surface area contributed by atoms with Crippen molar-refractivity contribution in [2.75, 3.05) is 19.6 Å². The molecular formula is C15H22N2. The normalized spacial score (nSPS) is 29.2. The Kier molecular flexibility index (Phi) is 3.41. The van der Waals surface area contributed by atoms with E-state index in [1.807, 2.05) is 12.4 Å². The van der Waals surface area contributed by atoms with Crippen LogP contribution in [-0.4, -0.2) is 29.5 Å². The maximum Gasteiger partial charge on any atom is 0.0270 e. The molecule has 1 aromatic rings. The van der Waals surface area contributed by atoms with Crippen molar-refractivity contribution >= 4 is 0 Å². The third-order valence-electron chi connectivity index (χ3n) is 4.52. The van der Waals surface area contributed by atoms with Crippen LogP contribution < -0.4 is 0 Å². The quantitative estimate of drug-likeness (QED) is 0.793. The van der Waals surface area contributed by atoms with Gasteiger partial charge in [-0.15, -0.1) is 0 Å². The summed E-state index contributed by atoms with van der Waals surface area (Å²) in [4.78, 5) is 6.75. The van der Waals surface area contributed by atoms with Gasteiger partial charge in [0.2, 0.25) is 0 Å². The number of rotatable bonds is 3. The summed E-state index contributed by atoms with van der Waals surface area (Å²) in [5, 5.41) is 0. The minimum Gasteiger partial charge on any atom is -0.302 e. The SMILES string of the molecule is c1cc(CCN2CC3CCCCC3C2)ccn1. The van der Waals surface area contributed by atoms with E-state index in [1.54, 1.807) is 0 Å². The van der Waals surface area contributed by atoms with Crippen molar-refractivity contribution in [3.8, 4) is 0 Å². The Hall–Kier alpha value is -0.890. The lowest BCUT2D eigenvalue weighted by molar-refractivity contribution is 0.299. The molecule has 92 valence electrons. The molecule has 17 heavy (non-hydrogen) atoms. The molecule has 0 aromatic carbocycles. The summed E-state index contributed by atoms with van der Waals surface area (Å²) < 4.78 is 0. The van der Waals surface area contributed by atoms with E-state index in [2.05, 4.69) is 22.0 Å². The van der Waals surface area contributed by atoms with Gasteiger partial charge in [0, 0.05) is 32.0 Å². The Morgan fingerprint density at radius 2 is 1.71 bits per heavy atom. The first kappa shape index (κ1) is 11.2. The minimum atomic E-state index is 1.01. The lowest BCUT2D eigenvalue weighted by Crippen LogP contribution is -2.23. The van der Waals surface area contributed by atoms with Crippen LogP contribution in [0.4, 0.5) is 0 Å². The third kappa shape index (κ3) is 2.68. The van der Waals surface area contributed by atoms with E-state index in [-0.39, 0.29) is 0 Å². The summed E-state index contributed by atoms with van der Waals surface area (Å²) in [5.74, 6) is 2.03. The zero-order valence-electron chi connectivity index (χ0n) is 10.5. The number of hydrogen-bond acceptors (Lipinski definition) is 2. The van der Waals surface area contributed by atoms with Crippen LogP contribution in [0.1, 0.15) is 31.2 Å². The summed E-state index contributed by atoms with van der Waals surface area (Å²) in [6, 6.07) is 4.28. The molecule has 3 rings (SSSR count). The molecule has 1 saturated carbocycles. The predicted octanol–water partition coefficient (Wildman–Crippen LogP) is 2.75. The van der Waals surface area contributed by atoms with Crippen LogP contribution >= 0.6 is 0 Å². The highest BCUT2D eigenvalue weighted by atomic mass is 15.1. The molecule has 0 amide bonds. The van der Waals surface area contributed by atoms with Gasteiger partial charge in [0.15, 0.2) is 0 Å². The molecule has 2 nitrogen and oxygen atoms in total. The molecule has 1 saturated heterocycles. The maximum absolute atomic E-state index is 4.07. The Morgan fingerprint density at radius 3 is 2.35 bits per heavy atom. The third-order valence-corrected chi connectivity index (χ3v) is 4.52. The van der Waals surface area contributed by atoms with E-state index >= 15 is 0 Å². The van der Waals surface area contributed by atoms with Gasteiger partial charge >= 0.3 is 0 Å². The highest BCUT2D eigenvalue weighted by Crippen LogP contribution is 2.35. The van der Waals surface area contributed by atoms with E-state index in [0.717, 1.165) is 11.8 Å². The molecule has 1 aliphatic carbocycles. The number of pyridine rings is 1. The zero-order valence-corrected chi connectivity index (χ0v) is 10.5. The molecule has 2 unspecified atom stereocenters. The van der Waals surface area contributed by atoms with Crippen molar-refractivity contribution in [2.45, 2.75) is 32.1 Å². The highest BCUT2D eigenvalue weighted by molar-refractivity contribution is 5.10. The minimum absolute atomic E-state index is 1.01. The van der Waals surface area contributed by atoms with Crippen LogP contribution in [-0.2, 0) is 6.42 Å². The number of fused-ring (bicyclic) bond motifs is 1. The molecule has 2 fully saturated rings. The zero-order chi connectivity index (χ0) is 11.5. The summed E-state index contributed by atoms with van der Waals surface area (Å²) in [6.45, 7) is 3.95. The van der Waals surface area contributed by atoms with Gasteiger partial charge in [-0.1, -0.05) is 12.8 Å². The van der Waals surface area contributed by atoms with Gasteiger partial charge < -0.3 is 4.90 Å². The van der Waals surface area contributed by atoms with E-state index in [1.165, 1.54) is 57.3 Å². The second-order valence-corrected chi connectivity index (χ2v) is 5.67. The van der Waals surface area contributed by atoms with Gasteiger partial charge in [-0.05, 0) is 48.8 Å². The van der Waals surface area contributed by atoms with Crippen LogP contribution in [0, 0.1) is 11.8 Å². The van der Waals surface area contributed by atoms with E-state index in [9.17, 15) is 0 Å². The molecule has 2 atom stereocenters. The average molecular weight is 230 g/mol. The highest BCUT2D eigenvalue weighted by Gasteiger charge is 2.33. The molecule has 1 aromatic heterocycles. The van der Waals surface area contributed by atoms with Crippen molar-refractivity contribution in [2.24, 2.45) is 11.8 Å². The van der Waals surface area contributed by atoms with Crippen molar-refractivity contribution in [1.29, 1.82) is 0 Å². The molecule has 0 radical (unpaired) electrons. The van der Waals surface area contributed by atoms with Gasteiger partial charge in [-0.25, -0.2) is 0 Å². The second-order valence-electron chi connectivity index (χ2n) is 5.67. The largest absolute Gasteiger partial charge is 0.302 e. The first-order valence-corrected chi connectivity index (χ1v) is 7.03. The van der Waals surface area contributed by atoms with Crippen molar-refractivity contribution in [3.05, 3.63) is 30.1 Å². The molecular weight excluding hydrogens is 208 g/mol. The number of likely N-dealkylation sites (tertiary alicyclic amines) is 1. The van der Waals surface area contributed by atoms with Gasteiger partial charge in [0.1, 0.15) is 0 Å². The first-order valence-electron chi connectivity index (χ1n) is 7.03. The Balaban J connectivity index is 1.50. The van der Waals surface area contributed by atoms with Gasteiger partial charge in [-0.2, -0.15) is 0 Å². The fourth-order valence-electron chi connectivity index (χ4n) is 3.52. The van der Waals surface area contributed by atoms with E-state index in [4.69, 9.17) is 0 Å². The smallest absolute Gasteiger partial charge is 0.0270 e. The summed E-state index contributed by atoms with van der Waals surface area (Å²) in [5.41, 5.74) is 1.43. The fraction of sp³-hybridized carbons (Fsp3) is 0.667. The van der Waals surface area contributed by atoms with Crippen LogP contribution in [0.3, 0.4) is 0 Å². The monoisotopic (exact) mass is 230 g/mol. The summed E-state index contributed by atoms with van der Waals surface area (Å²) in [7, 11) is 0. The number of hydrogen-bond donors (Lipinski definition) is 0.